The van der Waals surface area contributed by atoms with Crippen LogP contribution in [0.1, 0.15) is 10.4 Å². The van der Waals surface area contributed by atoms with E-state index >= 15 is 0 Å². The number of nitrogens with one attached hydrogen (secondary N) is 1. The van der Waals surface area contributed by atoms with Crippen LogP contribution < -0.4 is 10.2 Å². The highest BCUT2D eigenvalue weighted by atomic mass is 16.2. The number of nitrogens with zero attached hydrogens (tertiary/aromatic N) is 3. The van der Waals surface area contributed by atoms with Gasteiger partial charge in [-0.1, -0.05) is 12.1 Å². The van der Waals surface area contributed by atoms with E-state index < -0.39 is 0 Å². The Morgan fingerprint density at radius 3 is 2.77 bits per heavy atom. The summed E-state index contributed by atoms with van der Waals surface area (Å²) in [4.78, 5) is 32.6. The Hall–Kier alpha value is -2.73. The van der Waals surface area contributed by atoms with Crippen LogP contribution in [0.2, 0.25) is 0 Å². The predicted molar refractivity (Wildman–Crippen MR) is 84.3 cm³/mol. The van der Waals surface area contributed by atoms with Crippen molar-refractivity contribution >= 4 is 29.0 Å². The Balaban J connectivity index is 2.20. The van der Waals surface area contributed by atoms with Gasteiger partial charge < -0.3 is 10.2 Å². The zero-order valence-electron chi connectivity index (χ0n) is 12.4. The third kappa shape index (κ3) is 2.44. The van der Waals surface area contributed by atoms with Crippen molar-refractivity contribution in [2.75, 3.05) is 30.9 Å². The van der Waals surface area contributed by atoms with E-state index in [1.165, 1.54) is 4.90 Å². The summed E-state index contributed by atoms with van der Waals surface area (Å²) in [5, 5.41) is 2.83. The second kappa shape index (κ2) is 5.57. The molecule has 1 aromatic carbocycles. The van der Waals surface area contributed by atoms with E-state index in [0.29, 0.717) is 22.8 Å². The Labute approximate surface area is 128 Å². The molecule has 1 aliphatic rings. The number of hydrogen-bond acceptors (Lipinski definition) is 4. The van der Waals surface area contributed by atoms with Crippen LogP contribution >= 0.6 is 0 Å². The molecule has 1 aromatic heterocycles. The van der Waals surface area contributed by atoms with Crippen LogP contribution in [0.3, 0.4) is 0 Å². The van der Waals surface area contributed by atoms with Gasteiger partial charge in [0, 0.05) is 6.20 Å². The van der Waals surface area contributed by atoms with Gasteiger partial charge in [0.1, 0.15) is 0 Å². The molecule has 0 radical (unpaired) electrons. The number of aromatic nitrogens is 1. The van der Waals surface area contributed by atoms with Crippen LogP contribution in [0, 0.1) is 0 Å². The minimum atomic E-state index is -0.268. The van der Waals surface area contributed by atoms with Crippen molar-refractivity contribution in [1.29, 1.82) is 0 Å². The van der Waals surface area contributed by atoms with E-state index in [9.17, 15) is 9.59 Å². The molecule has 6 nitrogen and oxygen atoms in total. The van der Waals surface area contributed by atoms with E-state index in [1.54, 1.807) is 35.4 Å². The number of amides is 2. The Morgan fingerprint density at radius 2 is 2.00 bits per heavy atom. The van der Waals surface area contributed by atoms with E-state index in [0.717, 1.165) is 0 Å². The second-order valence-electron chi connectivity index (χ2n) is 5.31. The van der Waals surface area contributed by atoms with Gasteiger partial charge in [-0.25, -0.2) is 4.98 Å². The molecule has 2 heterocycles. The number of hydrogen-bond donors (Lipinski definition) is 1. The Morgan fingerprint density at radius 1 is 1.23 bits per heavy atom. The number of likely N-dealkylation sites (N-methyl/N-ethyl adjacent to an activating group) is 1. The first-order valence-electron chi connectivity index (χ1n) is 6.91. The number of fused-ring (bicyclic) bond motifs is 2. The van der Waals surface area contributed by atoms with Crippen molar-refractivity contribution in [3.05, 3.63) is 48.2 Å². The molecule has 3 rings (SSSR count). The molecule has 6 heteroatoms. The van der Waals surface area contributed by atoms with Crippen molar-refractivity contribution < 1.29 is 9.59 Å². The molecular weight excluding hydrogens is 280 g/mol. The fourth-order valence-electron chi connectivity index (χ4n) is 2.42. The van der Waals surface area contributed by atoms with Crippen molar-refractivity contribution in [1.82, 2.24) is 9.88 Å². The first-order valence-corrected chi connectivity index (χ1v) is 6.91. The molecule has 0 unspecified atom stereocenters. The SMILES string of the molecule is CN(C)CC(=O)N1c2ccccc2NC(=O)c2cccnc21. The molecule has 0 spiro atoms. The normalized spacial score (nSPS) is 13.2. The molecule has 0 aliphatic carbocycles. The van der Waals surface area contributed by atoms with E-state index in [1.807, 2.05) is 26.2 Å². The zero-order valence-corrected chi connectivity index (χ0v) is 12.4. The number of carbonyl (C=O) groups excluding carboxylic acids is 2. The summed E-state index contributed by atoms with van der Waals surface area (Å²) in [5.74, 6) is -0.0543. The molecule has 2 amide bonds. The van der Waals surface area contributed by atoms with E-state index in [-0.39, 0.29) is 18.4 Å². The lowest BCUT2D eigenvalue weighted by atomic mass is 10.2. The topological polar surface area (TPSA) is 65.5 Å². The van der Waals surface area contributed by atoms with Gasteiger partial charge in [-0.3, -0.25) is 14.5 Å². The van der Waals surface area contributed by atoms with Gasteiger partial charge in [0.05, 0.1) is 23.5 Å². The largest absolute Gasteiger partial charge is 0.320 e. The van der Waals surface area contributed by atoms with Gasteiger partial charge in [-0.15, -0.1) is 0 Å². The van der Waals surface area contributed by atoms with Gasteiger partial charge in [-0.2, -0.15) is 0 Å². The summed E-state index contributed by atoms with van der Waals surface area (Å²) in [5.41, 5.74) is 1.60. The van der Waals surface area contributed by atoms with Gasteiger partial charge in [0.15, 0.2) is 5.82 Å². The summed E-state index contributed by atoms with van der Waals surface area (Å²) in [6.45, 7) is 0.221. The standard InChI is InChI=1S/C16H16N4O2/c1-19(2)10-14(21)20-13-8-4-3-7-12(13)18-16(22)11-6-5-9-17-15(11)20/h3-9H,10H2,1-2H3,(H,18,22). The van der Waals surface area contributed by atoms with E-state index in [2.05, 4.69) is 10.3 Å². The summed E-state index contributed by atoms with van der Waals surface area (Å²) in [6.07, 6.45) is 1.58. The molecule has 0 saturated carbocycles. The number of carbonyl (C=O) groups is 2. The van der Waals surface area contributed by atoms with Crippen molar-refractivity contribution in [3.8, 4) is 0 Å². The Bertz CT molecular complexity index is 742. The maximum atomic E-state index is 12.7. The fraction of sp³-hybridized carbons (Fsp3) is 0.188. The Kier molecular flexibility index (Phi) is 3.60. The average molecular weight is 296 g/mol. The van der Waals surface area contributed by atoms with Crippen LogP contribution in [0.5, 0.6) is 0 Å². The predicted octanol–water partition coefficient (Wildman–Crippen LogP) is 1.87. The lowest BCUT2D eigenvalue weighted by molar-refractivity contribution is -0.118. The van der Waals surface area contributed by atoms with Crippen LogP contribution in [-0.4, -0.2) is 42.3 Å². The van der Waals surface area contributed by atoms with Gasteiger partial charge in [-0.05, 0) is 38.4 Å². The number of anilines is 3. The van der Waals surface area contributed by atoms with Crippen LogP contribution in [0.25, 0.3) is 0 Å². The highest BCUT2D eigenvalue weighted by Gasteiger charge is 2.30. The lowest BCUT2D eigenvalue weighted by Crippen LogP contribution is -2.35. The third-order valence-electron chi connectivity index (χ3n) is 3.34. The third-order valence-corrected chi connectivity index (χ3v) is 3.34. The first-order chi connectivity index (χ1) is 10.6. The fourth-order valence-corrected chi connectivity index (χ4v) is 2.42. The molecule has 0 bridgehead atoms. The van der Waals surface area contributed by atoms with E-state index in [4.69, 9.17) is 0 Å². The summed E-state index contributed by atoms with van der Waals surface area (Å²) in [6, 6.07) is 10.6. The minimum Gasteiger partial charge on any atom is -0.320 e. The quantitative estimate of drug-likeness (QED) is 0.919. The number of rotatable bonds is 2. The molecule has 2 aromatic rings. The maximum Gasteiger partial charge on any atom is 0.259 e. The summed E-state index contributed by atoms with van der Waals surface area (Å²) in [7, 11) is 3.65. The zero-order chi connectivity index (χ0) is 15.7. The number of pyridine rings is 1. The lowest BCUT2D eigenvalue weighted by Gasteiger charge is -2.24. The van der Waals surface area contributed by atoms with Crippen molar-refractivity contribution in [2.24, 2.45) is 0 Å². The van der Waals surface area contributed by atoms with Crippen LogP contribution in [0.4, 0.5) is 17.2 Å². The monoisotopic (exact) mass is 296 g/mol. The molecule has 1 N–H and O–H groups in total. The van der Waals surface area contributed by atoms with Crippen LogP contribution in [0.15, 0.2) is 42.6 Å². The second-order valence-corrected chi connectivity index (χ2v) is 5.31. The smallest absolute Gasteiger partial charge is 0.259 e. The summed E-state index contributed by atoms with van der Waals surface area (Å²) >= 11 is 0. The maximum absolute atomic E-state index is 12.7. The highest BCUT2D eigenvalue weighted by molar-refractivity contribution is 6.17. The van der Waals surface area contributed by atoms with Gasteiger partial charge in [0.2, 0.25) is 5.91 Å². The molecule has 0 atom stereocenters. The molecule has 112 valence electrons. The number of benzene rings is 1. The van der Waals surface area contributed by atoms with Crippen molar-refractivity contribution in [2.45, 2.75) is 0 Å². The van der Waals surface area contributed by atoms with Gasteiger partial charge in [0.25, 0.3) is 5.91 Å². The van der Waals surface area contributed by atoms with Gasteiger partial charge >= 0.3 is 0 Å². The van der Waals surface area contributed by atoms with Crippen molar-refractivity contribution in [3.63, 3.8) is 0 Å². The molecular formula is C16H16N4O2. The van der Waals surface area contributed by atoms with Crippen LogP contribution in [-0.2, 0) is 4.79 Å². The molecule has 0 saturated heterocycles. The molecule has 22 heavy (non-hydrogen) atoms. The molecule has 1 aliphatic heterocycles. The average Bonchev–Trinajstić information content (AvgIpc) is 2.61. The first kappa shape index (κ1) is 14.2. The summed E-state index contributed by atoms with van der Waals surface area (Å²) < 4.78 is 0. The minimum absolute atomic E-state index is 0.145. The number of para-hydroxylation sites is 2. The molecule has 0 fully saturated rings. The highest BCUT2D eigenvalue weighted by Crippen LogP contribution is 2.36.